The Balaban J connectivity index is 1.48. The molecule has 0 saturated carbocycles. The van der Waals surface area contributed by atoms with Gasteiger partial charge in [0.15, 0.2) is 0 Å². The van der Waals surface area contributed by atoms with Crippen molar-refractivity contribution in [2.45, 2.75) is 6.42 Å². The highest BCUT2D eigenvalue weighted by molar-refractivity contribution is 8.13. The second-order valence-electron chi connectivity index (χ2n) is 5.71. The van der Waals surface area contributed by atoms with E-state index < -0.39 is 0 Å². The van der Waals surface area contributed by atoms with Crippen LogP contribution in [-0.4, -0.2) is 34.9 Å². The molecule has 1 fully saturated rings. The van der Waals surface area contributed by atoms with Gasteiger partial charge in [0.2, 0.25) is 5.91 Å². The highest BCUT2D eigenvalue weighted by Crippen LogP contribution is 2.30. The van der Waals surface area contributed by atoms with Crippen molar-refractivity contribution in [3.63, 3.8) is 0 Å². The van der Waals surface area contributed by atoms with Gasteiger partial charge in [-0.1, -0.05) is 30.0 Å². The molecule has 2 heterocycles. The van der Waals surface area contributed by atoms with Gasteiger partial charge < -0.3 is 14.6 Å². The molecule has 4 rings (SSSR count). The molecule has 0 atom stereocenters. The molecule has 2 aromatic carbocycles. The number of anilines is 1. The van der Waals surface area contributed by atoms with Crippen molar-refractivity contribution < 1.29 is 14.0 Å². The predicted octanol–water partition coefficient (Wildman–Crippen LogP) is 4.08. The summed E-state index contributed by atoms with van der Waals surface area (Å²) in [5.41, 5.74) is 2.37. The quantitative estimate of drug-likeness (QED) is 0.777. The first-order valence-corrected chi connectivity index (χ1v) is 8.82. The lowest BCUT2D eigenvalue weighted by Gasteiger charge is -2.13. The lowest BCUT2D eigenvalue weighted by Crippen LogP contribution is -2.27. The molecule has 1 N–H and O–H groups in total. The maximum Gasteiger partial charge on any atom is 0.281 e. The van der Waals surface area contributed by atoms with E-state index in [1.54, 1.807) is 4.90 Å². The molecular formula is C18H16N2O3S. The molecule has 6 heteroatoms. The lowest BCUT2D eigenvalue weighted by molar-refractivity contribution is -0.116. The zero-order valence-corrected chi connectivity index (χ0v) is 13.8. The zero-order valence-electron chi connectivity index (χ0n) is 13.0. The average molecular weight is 340 g/mol. The fourth-order valence-electron chi connectivity index (χ4n) is 2.89. The van der Waals surface area contributed by atoms with Crippen molar-refractivity contribution >= 4 is 50.5 Å². The van der Waals surface area contributed by atoms with E-state index in [1.165, 1.54) is 11.8 Å². The van der Waals surface area contributed by atoms with Crippen LogP contribution in [0, 0.1) is 0 Å². The maximum atomic E-state index is 12.1. The van der Waals surface area contributed by atoms with Crippen molar-refractivity contribution in [2.24, 2.45) is 0 Å². The highest BCUT2D eigenvalue weighted by Gasteiger charge is 2.21. The Morgan fingerprint density at radius 3 is 2.83 bits per heavy atom. The van der Waals surface area contributed by atoms with Crippen LogP contribution in [0.25, 0.3) is 21.9 Å². The monoisotopic (exact) mass is 340 g/mol. The fourth-order valence-corrected chi connectivity index (χ4v) is 3.74. The summed E-state index contributed by atoms with van der Waals surface area (Å²) in [6, 6.07) is 13.5. The minimum Gasteiger partial charge on any atom is -0.456 e. The van der Waals surface area contributed by atoms with E-state index >= 15 is 0 Å². The largest absolute Gasteiger partial charge is 0.456 e. The van der Waals surface area contributed by atoms with Gasteiger partial charge in [-0.2, -0.15) is 0 Å². The molecule has 1 saturated heterocycles. The number of nitrogens with zero attached hydrogens (tertiary/aromatic N) is 1. The van der Waals surface area contributed by atoms with Crippen molar-refractivity contribution in [3.05, 3.63) is 42.5 Å². The first-order valence-electron chi connectivity index (χ1n) is 7.83. The summed E-state index contributed by atoms with van der Waals surface area (Å²) in [4.78, 5) is 25.4. The molecule has 2 amide bonds. The molecule has 0 aliphatic carbocycles. The maximum absolute atomic E-state index is 12.1. The number of thioether (sulfide) groups is 1. The topological polar surface area (TPSA) is 62.6 Å². The molecule has 24 heavy (non-hydrogen) atoms. The molecule has 0 spiro atoms. The second kappa shape index (κ2) is 6.20. The van der Waals surface area contributed by atoms with Gasteiger partial charge in [0.1, 0.15) is 11.2 Å². The van der Waals surface area contributed by atoms with E-state index in [1.807, 2.05) is 42.5 Å². The Labute approximate surface area is 143 Å². The first-order chi connectivity index (χ1) is 11.7. The Morgan fingerprint density at radius 1 is 1.17 bits per heavy atom. The average Bonchev–Trinajstić information content (AvgIpc) is 3.16. The highest BCUT2D eigenvalue weighted by atomic mass is 32.2. The number of carbonyl (C=O) groups excluding carboxylic acids is 2. The Hall–Kier alpha value is -2.47. The van der Waals surface area contributed by atoms with Gasteiger partial charge in [0, 0.05) is 41.7 Å². The lowest BCUT2D eigenvalue weighted by atomic mass is 10.1. The molecule has 1 aliphatic heterocycles. The fraction of sp³-hybridized carbons (Fsp3) is 0.222. The molecule has 3 aromatic rings. The zero-order chi connectivity index (χ0) is 16.5. The molecule has 0 radical (unpaired) electrons. The van der Waals surface area contributed by atoms with Crippen LogP contribution in [0.4, 0.5) is 10.5 Å². The van der Waals surface area contributed by atoms with Crippen LogP contribution >= 0.6 is 11.8 Å². The van der Waals surface area contributed by atoms with E-state index in [0.29, 0.717) is 13.0 Å². The van der Waals surface area contributed by atoms with Crippen LogP contribution in [0.5, 0.6) is 0 Å². The van der Waals surface area contributed by atoms with Gasteiger partial charge in [0.05, 0.1) is 0 Å². The van der Waals surface area contributed by atoms with Gasteiger partial charge >= 0.3 is 0 Å². The van der Waals surface area contributed by atoms with Gasteiger partial charge in [-0.25, -0.2) is 0 Å². The number of carbonyl (C=O) groups is 2. The number of benzene rings is 2. The number of hydrogen-bond acceptors (Lipinski definition) is 4. The summed E-state index contributed by atoms with van der Waals surface area (Å²) >= 11 is 1.31. The minimum absolute atomic E-state index is 0.0640. The summed E-state index contributed by atoms with van der Waals surface area (Å²) in [5, 5.41) is 4.98. The Bertz CT molecular complexity index is 934. The molecular weight excluding hydrogens is 324 g/mol. The van der Waals surface area contributed by atoms with E-state index in [4.69, 9.17) is 4.42 Å². The number of rotatable bonds is 4. The van der Waals surface area contributed by atoms with Crippen LogP contribution in [0.15, 0.2) is 46.9 Å². The Morgan fingerprint density at radius 2 is 2.00 bits per heavy atom. The van der Waals surface area contributed by atoms with E-state index in [9.17, 15) is 9.59 Å². The van der Waals surface area contributed by atoms with E-state index in [2.05, 4.69) is 5.32 Å². The number of hydrogen-bond donors (Lipinski definition) is 1. The summed E-state index contributed by atoms with van der Waals surface area (Å²) in [6.45, 7) is 1.19. The van der Waals surface area contributed by atoms with Crippen molar-refractivity contribution in [2.75, 3.05) is 24.2 Å². The van der Waals surface area contributed by atoms with Crippen molar-refractivity contribution in [1.82, 2.24) is 4.90 Å². The Kier molecular flexibility index (Phi) is 3.90. The van der Waals surface area contributed by atoms with Crippen LogP contribution in [-0.2, 0) is 4.79 Å². The molecule has 5 nitrogen and oxygen atoms in total. The standard InChI is InChI=1S/C18H16N2O3S/c21-17(7-8-20-9-10-24-18(20)22)19-12-5-6-16-14(11-12)13-3-1-2-4-15(13)23-16/h1-6,11H,7-10H2,(H,19,21). The molecule has 1 aliphatic rings. The van der Waals surface area contributed by atoms with Gasteiger partial charge in [0.25, 0.3) is 5.24 Å². The van der Waals surface area contributed by atoms with E-state index in [0.717, 1.165) is 39.9 Å². The number of nitrogens with one attached hydrogen (secondary N) is 1. The van der Waals surface area contributed by atoms with Gasteiger partial charge in [-0.15, -0.1) is 0 Å². The van der Waals surface area contributed by atoms with Crippen LogP contribution < -0.4 is 5.32 Å². The number of amides is 2. The second-order valence-corrected chi connectivity index (χ2v) is 6.75. The first kappa shape index (κ1) is 15.1. The number of fused-ring (bicyclic) bond motifs is 3. The van der Waals surface area contributed by atoms with E-state index in [-0.39, 0.29) is 11.1 Å². The van der Waals surface area contributed by atoms with Crippen LogP contribution in [0.2, 0.25) is 0 Å². The molecule has 0 bridgehead atoms. The summed E-state index contributed by atoms with van der Waals surface area (Å²) in [6.07, 6.45) is 0.302. The summed E-state index contributed by atoms with van der Waals surface area (Å²) in [7, 11) is 0. The summed E-state index contributed by atoms with van der Waals surface area (Å²) < 4.78 is 5.78. The number of furan rings is 1. The van der Waals surface area contributed by atoms with Gasteiger partial charge in [-0.05, 0) is 24.3 Å². The smallest absolute Gasteiger partial charge is 0.281 e. The van der Waals surface area contributed by atoms with Gasteiger partial charge in [-0.3, -0.25) is 9.59 Å². The SMILES string of the molecule is O=C(CCN1CCSC1=O)Nc1ccc2oc3ccccc3c2c1. The predicted molar refractivity (Wildman–Crippen MR) is 96.4 cm³/mol. The van der Waals surface area contributed by atoms with Crippen molar-refractivity contribution in [3.8, 4) is 0 Å². The number of para-hydroxylation sites is 1. The van der Waals surface area contributed by atoms with Crippen molar-refractivity contribution in [1.29, 1.82) is 0 Å². The van der Waals surface area contributed by atoms with Crippen LogP contribution in [0.3, 0.4) is 0 Å². The third-order valence-electron chi connectivity index (χ3n) is 4.11. The third kappa shape index (κ3) is 2.85. The van der Waals surface area contributed by atoms with Crippen LogP contribution in [0.1, 0.15) is 6.42 Å². The summed E-state index contributed by atoms with van der Waals surface area (Å²) in [5.74, 6) is 0.719. The molecule has 122 valence electrons. The molecule has 1 aromatic heterocycles. The third-order valence-corrected chi connectivity index (χ3v) is 5.01. The minimum atomic E-state index is -0.0909. The normalized spacial score (nSPS) is 14.7. The molecule has 0 unspecified atom stereocenters.